The first-order valence-corrected chi connectivity index (χ1v) is 6.52. The highest BCUT2D eigenvalue weighted by atomic mass is 16.2. The Morgan fingerprint density at radius 1 is 1.56 bits per heavy atom. The second kappa shape index (κ2) is 5.10. The molecule has 18 heavy (non-hydrogen) atoms. The van der Waals surface area contributed by atoms with Gasteiger partial charge in [-0.3, -0.25) is 9.48 Å². The lowest BCUT2D eigenvalue weighted by Crippen LogP contribution is -2.49. The van der Waals surface area contributed by atoms with E-state index >= 15 is 0 Å². The molecule has 0 spiro atoms. The molecule has 1 aromatic heterocycles. The average Bonchev–Trinajstić information content (AvgIpc) is 2.70. The second-order valence-electron chi connectivity index (χ2n) is 5.53. The second-order valence-corrected chi connectivity index (χ2v) is 5.53. The van der Waals surface area contributed by atoms with Crippen molar-refractivity contribution in [2.75, 3.05) is 6.54 Å². The minimum Gasteiger partial charge on any atom is -0.334 e. The molecular formula is C13H22N4O. The molecule has 1 saturated heterocycles. The van der Waals surface area contributed by atoms with E-state index in [1.807, 2.05) is 24.3 Å². The smallest absolute Gasteiger partial charge is 0.223 e. The molecule has 0 aromatic carbocycles. The molecule has 0 aliphatic carbocycles. The average molecular weight is 250 g/mol. The molecule has 1 fully saturated rings. The van der Waals surface area contributed by atoms with Crippen LogP contribution in [0.15, 0.2) is 12.4 Å². The molecule has 5 nitrogen and oxygen atoms in total. The van der Waals surface area contributed by atoms with Crippen LogP contribution in [-0.2, 0) is 11.8 Å². The zero-order valence-corrected chi connectivity index (χ0v) is 11.3. The van der Waals surface area contributed by atoms with E-state index in [1.165, 1.54) is 0 Å². The molecule has 1 aliphatic rings. The molecule has 1 aromatic rings. The molecule has 2 N–H and O–H groups in total. The van der Waals surface area contributed by atoms with E-state index in [-0.39, 0.29) is 18.0 Å². The lowest BCUT2D eigenvalue weighted by Gasteiger charge is -2.40. The number of likely N-dealkylation sites (tertiary alicyclic amines) is 1. The van der Waals surface area contributed by atoms with Gasteiger partial charge in [0.25, 0.3) is 0 Å². The van der Waals surface area contributed by atoms with Crippen LogP contribution in [0.2, 0.25) is 0 Å². The van der Waals surface area contributed by atoms with Gasteiger partial charge in [0.15, 0.2) is 0 Å². The predicted octanol–water partition coefficient (Wildman–Crippen LogP) is 1.07. The van der Waals surface area contributed by atoms with Gasteiger partial charge < -0.3 is 10.6 Å². The van der Waals surface area contributed by atoms with Crippen molar-refractivity contribution in [2.45, 2.75) is 38.8 Å². The van der Waals surface area contributed by atoms with Crippen LogP contribution >= 0.6 is 0 Å². The van der Waals surface area contributed by atoms with Gasteiger partial charge in [0, 0.05) is 37.8 Å². The number of nitrogens with zero attached hydrogens (tertiary/aromatic N) is 3. The van der Waals surface area contributed by atoms with Crippen LogP contribution in [0, 0.1) is 5.92 Å². The van der Waals surface area contributed by atoms with Gasteiger partial charge in [0.1, 0.15) is 0 Å². The molecule has 1 aliphatic heterocycles. The normalized spacial score (nSPS) is 24.9. The first-order chi connectivity index (χ1) is 8.49. The third-order valence-electron chi connectivity index (χ3n) is 3.38. The van der Waals surface area contributed by atoms with Gasteiger partial charge in [-0.25, -0.2) is 0 Å². The summed E-state index contributed by atoms with van der Waals surface area (Å²) in [7, 11) is 1.88. The number of rotatable bonds is 3. The molecule has 2 heterocycles. The summed E-state index contributed by atoms with van der Waals surface area (Å²) in [4.78, 5) is 14.0. The van der Waals surface area contributed by atoms with Crippen molar-refractivity contribution in [3.63, 3.8) is 0 Å². The number of aryl methyl sites for hydroxylation is 1. The predicted molar refractivity (Wildman–Crippen MR) is 69.7 cm³/mol. The number of carbonyl (C=O) groups excluding carboxylic acids is 1. The van der Waals surface area contributed by atoms with Crippen molar-refractivity contribution in [1.29, 1.82) is 0 Å². The SMILES string of the molecule is CC(C)CN1C(=O)CCC(N)C1c1cnn(C)c1. The molecule has 0 bridgehead atoms. The van der Waals surface area contributed by atoms with Crippen LogP contribution in [0.3, 0.4) is 0 Å². The Labute approximate surface area is 108 Å². The van der Waals surface area contributed by atoms with Crippen LogP contribution in [0.25, 0.3) is 0 Å². The summed E-state index contributed by atoms with van der Waals surface area (Å²) in [6.45, 7) is 4.99. The van der Waals surface area contributed by atoms with Gasteiger partial charge in [-0.05, 0) is 12.3 Å². The molecule has 2 atom stereocenters. The van der Waals surface area contributed by atoms with Crippen molar-refractivity contribution in [3.05, 3.63) is 18.0 Å². The van der Waals surface area contributed by atoms with Gasteiger partial charge in [0.05, 0.1) is 12.2 Å². The third kappa shape index (κ3) is 2.56. The maximum Gasteiger partial charge on any atom is 0.223 e. The highest BCUT2D eigenvalue weighted by Gasteiger charge is 2.35. The third-order valence-corrected chi connectivity index (χ3v) is 3.38. The summed E-state index contributed by atoms with van der Waals surface area (Å²) in [5.41, 5.74) is 7.26. The minimum atomic E-state index is -0.0256. The number of carbonyl (C=O) groups is 1. The molecule has 100 valence electrons. The largest absolute Gasteiger partial charge is 0.334 e. The van der Waals surface area contributed by atoms with Gasteiger partial charge in [-0.15, -0.1) is 0 Å². The van der Waals surface area contributed by atoms with Crippen molar-refractivity contribution >= 4 is 5.91 Å². The number of hydrogen-bond donors (Lipinski definition) is 1. The topological polar surface area (TPSA) is 64.2 Å². The van der Waals surface area contributed by atoms with Crippen LogP contribution < -0.4 is 5.73 Å². The number of aromatic nitrogens is 2. The summed E-state index contributed by atoms with van der Waals surface area (Å²) in [6.07, 6.45) is 5.09. The van der Waals surface area contributed by atoms with Crippen LogP contribution in [0.5, 0.6) is 0 Å². The van der Waals surface area contributed by atoms with E-state index in [2.05, 4.69) is 18.9 Å². The maximum atomic E-state index is 12.1. The fourth-order valence-electron chi connectivity index (χ4n) is 2.61. The Kier molecular flexibility index (Phi) is 3.71. The number of nitrogens with two attached hydrogens (primary N) is 1. The molecule has 2 unspecified atom stereocenters. The highest BCUT2D eigenvalue weighted by molar-refractivity contribution is 5.78. The zero-order valence-electron chi connectivity index (χ0n) is 11.3. The van der Waals surface area contributed by atoms with E-state index in [9.17, 15) is 4.79 Å². The Morgan fingerprint density at radius 2 is 2.28 bits per heavy atom. The lowest BCUT2D eigenvalue weighted by molar-refractivity contribution is -0.138. The molecule has 5 heteroatoms. The first-order valence-electron chi connectivity index (χ1n) is 6.52. The van der Waals surface area contributed by atoms with Crippen molar-refractivity contribution in [3.8, 4) is 0 Å². The summed E-state index contributed by atoms with van der Waals surface area (Å²) < 4.78 is 1.76. The minimum absolute atomic E-state index is 0.00523. The van der Waals surface area contributed by atoms with Crippen molar-refractivity contribution < 1.29 is 4.79 Å². The van der Waals surface area contributed by atoms with Gasteiger partial charge in [0.2, 0.25) is 5.91 Å². The monoisotopic (exact) mass is 250 g/mol. The molecule has 2 rings (SSSR count). The van der Waals surface area contributed by atoms with Gasteiger partial charge in [-0.1, -0.05) is 13.8 Å². The highest BCUT2D eigenvalue weighted by Crippen LogP contribution is 2.31. The Bertz CT molecular complexity index is 426. The van der Waals surface area contributed by atoms with E-state index in [1.54, 1.807) is 4.68 Å². The van der Waals surface area contributed by atoms with E-state index < -0.39 is 0 Å². The van der Waals surface area contributed by atoms with E-state index in [0.29, 0.717) is 12.3 Å². The van der Waals surface area contributed by atoms with Crippen molar-refractivity contribution in [1.82, 2.24) is 14.7 Å². The van der Waals surface area contributed by atoms with Crippen LogP contribution in [0.4, 0.5) is 0 Å². The van der Waals surface area contributed by atoms with Crippen LogP contribution in [-0.4, -0.2) is 33.2 Å². The number of piperidine rings is 1. The first kappa shape index (κ1) is 13.1. The molecule has 0 saturated carbocycles. The van der Waals surface area contributed by atoms with Crippen LogP contribution in [0.1, 0.15) is 38.3 Å². The maximum absolute atomic E-state index is 12.1. The summed E-state index contributed by atoms with van der Waals surface area (Å²) in [5, 5.41) is 4.19. The van der Waals surface area contributed by atoms with Gasteiger partial charge >= 0.3 is 0 Å². The fourth-order valence-corrected chi connectivity index (χ4v) is 2.61. The summed E-state index contributed by atoms with van der Waals surface area (Å²) in [6, 6.07) is -0.0204. The molecular weight excluding hydrogens is 228 g/mol. The zero-order chi connectivity index (χ0) is 13.3. The van der Waals surface area contributed by atoms with E-state index in [4.69, 9.17) is 5.73 Å². The number of hydrogen-bond acceptors (Lipinski definition) is 3. The van der Waals surface area contributed by atoms with Crippen molar-refractivity contribution in [2.24, 2.45) is 18.7 Å². The Balaban J connectivity index is 2.28. The quantitative estimate of drug-likeness (QED) is 0.872. The summed E-state index contributed by atoms with van der Waals surface area (Å²) in [5.74, 6) is 0.651. The lowest BCUT2D eigenvalue weighted by atomic mass is 9.91. The Morgan fingerprint density at radius 3 is 2.83 bits per heavy atom. The standard InChI is InChI=1S/C13H22N4O/c1-9(2)7-17-12(18)5-4-11(14)13(17)10-6-15-16(3)8-10/h6,8-9,11,13H,4-5,7,14H2,1-3H3. The molecule has 0 radical (unpaired) electrons. The summed E-state index contributed by atoms with van der Waals surface area (Å²) >= 11 is 0. The van der Waals surface area contributed by atoms with Gasteiger partial charge in [-0.2, -0.15) is 5.10 Å². The Hall–Kier alpha value is -1.36. The fraction of sp³-hybridized carbons (Fsp3) is 0.692. The number of amides is 1. The molecule has 1 amide bonds. The van der Waals surface area contributed by atoms with E-state index in [0.717, 1.165) is 18.5 Å².